The molecule has 0 aliphatic carbocycles. The quantitative estimate of drug-likeness (QED) is 0.880. The molecule has 4 heteroatoms. The number of ketones is 1. The Morgan fingerprint density at radius 1 is 1.50 bits per heavy atom. The van der Waals surface area contributed by atoms with Crippen LogP contribution in [-0.2, 0) is 11.2 Å². The van der Waals surface area contributed by atoms with Crippen LogP contribution in [0.4, 0.5) is 0 Å². The lowest BCUT2D eigenvalue weighted by Crippen LogP contribution is -2.31. The van der Waals surface area contributed by atoms with E-state index in [2.05, 4.69) is 10.3 Å². The lowest BCUT2D eigenvalue weighted by atomic mass is 10.1. The van der Waals surface area contributed by atoms with Gasteiger partial charge in [-0.1, -0.05) is 12.1 Å². The zero-order valence-corrected chi connectivity index (χ0v) is 10.2. The first-order valence-corrected chi connectivity index (χ1v) is 6.07. The number of nitrogens with one attached hydrogen (secondary N) is 1. The number of aromatic nitrogens is 1. The van der Waals surface area contributed by atoms with E-state index < -0.39 is 0 Å². The molecule has 0 radical (unpaired) electrons. The number of hydrogen-bond acceptors (Lipinski definition) is 4. The third-order valence-corrected chi connectivity index (χ3v) is 3.62. The van der Waals surface area contributed by atoms with Gasteiger partial charge in [-0.15, -0.1) is 11.3 Å². The second-order valence-electron chi connectivity index (χ2n) is 3.73. The highest BCUT2D eigenvalue weighted by Gasteiger charge is 2.13. The Hall–Kier alpha value is -1.26. The van der Waals surface area contributed by atoms with Crippen molar-refractivity contribution < 1.29 is 4.79 Å². The van der Waals surface area contributed by atoms with Crippen molar-refractivity contribution in [2.24, 2.45) is 0 Å². The van der Waals surface area contributed by atoms with Gasteiger partial charge >= 0.3 is 0 Å². The molecule has 0 saturated carbocycles. The average molecular weight is 234 g/mol. The van der Waals surface area contributed by atoms with E-state index in [-0.39, 0.29) is 11.8 Å². The molecule has 0 spiro atoms. The van der Waals surface area contributed by atoms with E-state index in [1.807, 2.05) is 31.2 Å². The molecule has 0 aliphatic heterocycles. The summed E-state index contributed by atoms with van der Waals surface area (Å²) in [5, 5.41) is 3.84. The van der Waals surface area contributed by atoms with Crippen LogP contribution in [0.2, 0.25) is 0 Å². The molecule has 1 atom stereocenters. The van der Waals surface area contributed by atoms with E-state index in [9.17, 15) is 4.79 Å². The molecule has 2 aromatic rings. The van der Waals surface area contributed by atoms with Crippen LogP contribution < -0.4 is 5.32 Å². The molecule has 0 fully saturated rings. The van der Waals surface area contributed by atoms with Gasteiger partial charge in [0.2, 0.25) is 0 Å². The second kappa shape index (κ2) is 4.72. The highest BCUT2D eigenvalue weighted by molar-refractivity contribution is 7.18. The highest BCUT2D eigenvalue weighted by Crippen LogP contribution is 2.22. The summed E-state index contributed by atoms with van der Waals surface area (Å²) >= 11 is 1.59. The van der Waals surface area contributed by atoms with E-state index in [1.54, 1.807) is 18.4 Å². The first-order valence-electron chi connectivity index (χ1n) is 5.25. The Kier molecular flexibility index (Phi) is 3.31. The van der Waals surface area contributed by atoms with Gasteiger partial charge in [0.15, 0.2) is 5.78 Å². The number of carbonyl (C=O) groups is 1. The fourth-order valence-electron chi connectivity index (χ4n) is 1.46. The molecule has 0 aliphatic rings. The predicted octanol–water partition coefficient (Wildman–Crippen LogP) is 2.02. The number of rotatable bonds is 4. The van der Waals surface area contributed by atoms with Crippen LogP contribution >= 0.6 is 11.3 Å². The Morgan fingerprint density at radius 3 is 2.94 bits per heavy atom. The zero-order valence-electron chi connectivity index (χ0n) is 9.36. The summed E-state index contributed by atoms with van der Waals surface area (Å²) in [6, 6.07) is 7.85. The van der Waals surface area contributed by atoms with E-state index >= 15 is 0 Å². The summed E-state index contributed by atoms with van der Waals surface area (Å²) in [6.07, 6.45) is 0.418. The lowest BCUT2D eigenvalue weighted by molar-refractivity contribution is -0.119. The summed E-state index contributed by atoms with van der Waals surface area (Å²) in [5.74, 6) is 0.182. The van der Waals surface area contributed by atoms with Crippen molar-refractivity contribution >= 4 is 27.3 Å². The summed E-state index contributed by atoms with van der Waals surface area (Å²) in [6.45, 7) is 1.87. The number of fused-ring (bicyclic) bond motifs is 1. The molecule has 3 nitrogen and oxygen atoms in total. The van der Waals surface area contributed by atoms with Crippen LogP contribution in [0, 0.1) is 0 Å². The van der Waals surface area contributed by atoms with Crippen LogP contribution in [0.1, 0.15) is 11.9 Å². The molecular weight excluding hydrogens is 220 g/mol. The lowest BCUT2D eigenvalue weighted by Gasteiger charge is -2.06. The number of hydrogen-bond donors (Lipinski definition) is 1. The van der Waals surface area contributed by atoms with Gasteiger partial charge in [0, 0.05) is 0 Å². The largest absolute Gasteiger partial charge is 0.311 e. The van der Waals surface area contributed by atoms with Crippen molar-refractivity contribution in [2.45, 2.75) is 19.4 Å². The predicted molar refractivity (Wildman–Crippen MR) is 66.9 cm³/mol. The normalized spacial score (nSPS) is 12.9. The topological polar surface area (TPSA) is 42.0 Å². The Balaban J connectivity index is 2.18. The van der Waals surface area contributed by atoms with Crippen molar-refractivity contribution in [3.05, 3.63) is 29.3 Å². The molecule has 84 valence electrons. The molecule has 0 amide bonds. The number of carbonyl (C=O) groups excluding carboxylic acids is 1. The summed E-state index contributed by atoms with van der Waals surface area (Å²) in [4.78, 5) is 16.2. The van der Waals surface area contributed by atoms with Gasteiger partial charge < -0.3 is 5.32 Å². The highest BCUT2D eigenvalue weighted by atomic mass is 32.1. The molecule has 0 bridgehead atoms. The third-order valence-electron chi connectivity index (χ3n) is 2.58. The summed E-state index contributed by atoms with van der Waals surface area (Å²) < 4.78 is 1.14. The minimum absolute atomic E-state index is 0.105. The number of para-hydroxylation sites is 1. The van der Waals surface area contributed by atoms with Crippen LogP contribution in [0.15, 0.2) is 24.3 Å². The van der Waals surface area contributed by atoms with Crippen molar-refractivity contribution in [1.82, 2.24) is 10.3 Å². The molecule has 1 aromatic carbocycles. The minimum atomic E-state index is -0.105. The van der Waals surface area contributed by atoms with Crippen LogP contribution in [-0.4, -0.2) is 23.9 Å². The first kappa shape index (κ1) is 11.2. The van der Waals surface area contributed by atoms with Crippen molar-refractivity contribution in [3.8, 4) is 0 Å². The van der Waals surface area contributed by atoms with Gasteiger partial charge in [-0.05, 0) is 26.1 Å². The molecule has 2 rings (SSSR count). The zero-order chi connectivity index (χ0) is 11.5. The van der Waals surface area contributed by atoms with E-state index in [0.29, 0.717) is 6.42 Å². The van der Waals surface area contributed by atoms with Gasteiger partial charge in [0.25, 0.3) is 0 Å². The average Bonchev–Trinajstić information content (AvgIpc) is 2.69. The molecule has 1 heterocycles. The molecule has 1 unspecified atom stereocenters. The summed E-state index contributed by atoms with van der Waals surface area (Å²) in [5.41, 5.74) is 0.979. The molecular formula is C12H14N2OS. The monoisotopic (exact) mass is 234 g/mol. The van der Waals surface area contributed by atoms with Crippen molar-refractivity contribution in [3.63, 3.8) is 0 Å². The smallest absolute Gasteiger partial charge is 0.156 e. The van der Waals surface area contributed by atoms with E-state index in [0.717, 1.165) is 15.2 Å². The van der Waals surface area contributed by atoms with Crippen molar-refractivity contribution in [2.75, 3.05) is 7.05 Å². The number of Topliss-reactive ketones (excluding diaryl/α,β-unsaturated/α-hetero) is 1. The van der Waals surface area contributed by atoms with Gasteiger partial charge in [0.1, 0.15) is 5.01 Å². The Morgan fingerprint density at radius 2 is 2.25 bits per heavy atom. The van der Waals surface area contributed by atoms with E-state index in [4.69, 9.17) is 0 Å². The van der Waals surface area contributed by atoms with Gasteiger partial charge in [-0.2, -0.15) is 0 Å². The Bertz CT molecular complexity index is 473. The molecule has 1 N–H and O–H groups in total. The van der Waals surface area contributed by atoms with Gasteiger partial charge in [-0.25, -0.2) is 4.98 Å². The maximum atomic E-state index is 11.7. The van der Waals surface area contributed by atoms with Crippen LogP contribution in [0.3, 0.4) is 0 Å². The van der Waals surface area contributed by atoms with Crippen LogP contribution in [0.5, 0.6) is 0 Å². The third kappa shape index (κ3) is 2.28. The van der Waals surface area contributed by atoms with Crippen LogP contribution in [0.25, 0.3) is 10.2 Å². The Labute approximate surface area is 98.5 Å². The molecule has 16 heavy (non-hydrogen) atoms. The SMILES string of the molecule is CNC(C)C(=O)Cc1nc2ccccc2s1. The number of thiazole rings is 1. The second-order valence-corrected chi connectivity index (χ2v) is 4.84. The van der Waals surface area contributed by atoms with Gasteiger partial charge in [-0.3, -0.25) is 4.79 Å². The number of nitrogens with zero attached hydrogens (tertiary/aromatic N) is 1. The fourth-order valence-corrected chi connectivity index (χ4v) is 2.44. The minimum Gasteiger partial charge on any atom is -0.311 e. The van der Waals surface area contributed by atoms with Crippen molar-refractivity contribution in [1.29, 1.82) is 0 Å². The standard InChI is InChI=1S/C12H14N2OS/c1-8(13-2)10(15)7-12-14-9-5-3-4-6-11(9)16-12/h3-6,8,13H,7H2,1-2H3. The molecule has 1 aromatic heterocycles. The first-order chi connectivity index (χ1) is 7.70. The maximum Gasteiger partial charge on any atom is 0.156 e. The summed E-state index contributed by atoms with van der Waals surface area (Å²) in [7, 11) is 1.79. The maximum absolute atomic E-state index is 11.7. The number of benzene rings is 1. The number of likely N-dealkylation sites (N-methyl/N-ethyl adjacent to an activating group) is 1. The van der Waals surface area contributed by atoms with E-state index in [1.165, 1.54) is 0 Å². The molecule has 0 saturated heterocycles. The fraction of sp³-hybridized carbons (Fsp3) is 0.333. The van der Waals surface area contributed by atoms with Gasteiger partial charge in [0.05, 0.1) is 22.7 Å².